The highest BCUT2D eigenvalue weighted by molar-refractivity contribution is 7.98. The molecule has 0 unspecified atom stereocenters. The SMILES string of the molecule is Cc1ccc(SCc2ccc(C)[n+](O)c2)cc1. The van der Waals surface area contributed by atoms with Crippen molar-refractivity contribution in [2.24, 2.45) is 0 Å². The molecule has 0 saturated heterocycles. The molecule has 0 aliphatic heterocycles. The van der Waals surface area contributed by atoms with Crippen molar-refractivity contribution >= 4 is 11.8 Å². The van der Waals surface area contributed by atoms with E-state index in [9.17, 15) is 5.21 Å². The second-order valence-corrected chi connectivity index (χ2v) is 5.17. The average molecular weight is 246 g/mol. The molecule has 0 aliphatic rings. The van der Waals surface area contributed by atoms with Gasteiger partial charge in [-0.3, -0.25) is 5.21 Å². The van der Waals surface area contributed by atoms with Crippen LogP contribution in [0, 0.1) is 13.8 Å². The minimum absolute atomic E-state index is 0.842. The number of hydrogen-bond acceptors (Lipinski definition) is 2. The Morgan fingerprint density at radius 2 is 1.76 bits per heavy atom. The van der Waals surface area contributed by atoms with E-state index in [4.69, 9.17) is 0 Å². The lowest BCUT2D eigenvalue weighted by atomic mass is 10.2. The number of thioether (sulfide) groups is 1. The second-order valence-electron chi connectivity index (χ2n) is 4.13. The van der Waals surface area contributed by atoms with Gasteiger partial charge in [-0.15, -0.1) is 11.8 Å². The molecule has 2 rings (SSSR count). The second kappa shape index (κ2) is 5.23. The first-order valence-electron chi connectivity index (χ1n) is 5.55. The third-order valence-corrected chi connectivity index (χ3v) is 3.70. The summed E-state index contributed by atoms with van der Waals surface area (Å²) in [5.74, 6) is 0.865. The summed E-state index contributed by atoms with van der Waals surface area (Å²) in [4.78, 5) is 1.25. The predicted octanol–water partition coefficient (Wildman–Crippen LogP) is 3.12. The summed E-state index contributed by atoms with van der Waals surface area (Å²) < 4.78 is 1.17. The molecule has 1 aromatic heterocycles. The standard InChI is InChI=1S/C14H16NOS/c1-11-3-7-14(8-4-11)17-10-13-6-5-12(2)15(16)9-13/h3-9,16H,10H2,1-2H3/q+1. The van der Waals surface area contributed by atoms with Crippen LogP contribution in [-0.4, -0.2) is 5.21 Å². The number of rotatable bonds is 3. The van der Waals surface area contributed by atoms with Crippen LogP contribution in [0.15, 0.2) is 47.5 Å². The number of nitrogens with zero attached hydrogens (tertiary/aromatic N) is 1. The zero-order valence-corrected chi connectivity index (χ0v) is 10.9. The van der Waals surface area contributed by atoms with Gasteiger partial charge in [0.2, 0.25) is 11.9 Å². The van der Waals surface area contributed by atoms with Gasteiger partial charge in [0.1, 0.15) is 0 Å². The maximum atomic E-state index is 9.54. The van der Waals surface area contributed by atoms with Gasteiger partial charge < -0.3 is 0 Å². The van der Waals surface area contributed by atoms with Gasteiger partial charge in [-0.05, 0) is 25.1 Å². The monoisotopic (exact) mass is 246 g/mol. The third-order valence-electron chi connectivity index (χ3n) is 2.61. The molecule has 0 bridgehead atoms. The van der Waals surface area contributed by atoms with Crippen molar-refractivity contribution in [1.82, 2.24) is 0 Å². The first-order valence-corrected chi connectivity index (χ1v) is 6.53. The van der Waals surface area contributed by atoms with Crippen LogP contribution < -0.4 is 4.73 Å². The number of hydrogen-bond donors (Lipinski definition) is 1. The lowest BCUT2D eigenvalue weighted by Gasteiger charge is -2.01. The molecule has 0 aliphatic carbocycles. The fraction of sp³-hybridized carbons (Fsp3) is 0.214. The molecule has 2 nitrogen and oxygen atoms in total. The Bertz CT molecular complexity index is 508. The topological polar surface area (TPSA) is 24.1 Å². The van der Waals surface area contributed by atoms with Gasteiger partial charge >= 0.3 is 0 Å². The zero-order chi connectivity index (χ0) is 12.3. The summed E-state index contributed by atoms with van der Waals surface area (Å²) >= 11 is 1.77. The van der Waals surface area contributed by atoms with E-state index in [1.807, 2.05) is 19.1 Å². The normalized spacial score (nSPS) is 10.5. The molecule has 2 aromatic rings. The van der Waals surface area contributed by atoms with Crippen molar-refractivity contribution < 1.29 is 9.94 Å². The fourth-order valence-electron chi connectivity index (χ4n) is 1.49. The molecule has 0 saturated carbocycles. The van der Waals surface area contributed by atoms with E-state index in [2.05, 4.69) is 31.2 Å². The highest BCUT2D eigenvalue weighted by atomic mass is 32.2. The van der Waals surface area contributed by atoms with E-state index >= 15 is 0 Å². The van der Waals surface area contributed by atoms with Crippen molar-refractivity contribution in [2.45, 2.75) is 24.5 Å². The molecule has 0 fully saturated rings. The molecule has 1 aromatic carbocycles. The Hall–Kier alpha value is -1.48. The van der Waals surface area contributed by atoms with E-state index in [1.54, 1.807) is 18.0 Å². The van der Waals surface area contributed by atoms with Crippen LogP contribution in [0.25, 0.3) is 0 Å². The first-order chi connectivity index (χ1) is 8.15. The van der Waals surface area contributed by atoms with E-state index < -0.39 is 0 Å². The Balaban J connectivity index is 2.02. The highest BCUT2D eigenvalue weighted by Gasteiger charge is 2.06. The Morgan fingerprint density at radius 3 is 2.41 bits per heavy atom. The van der Waals surface area contributed by atoms with E-state index in [0.717, 1.165) is 17.0 Å². The molecule has 17 heavy (non-hydrogen) atoms. The van der Waals surface area contributed by atoms with Crippen LogP contribution in [-0.2, 0) is 5.75 Å². The summed E-state index contributed by atoms with van der Waals surface area (Å²) in [6, 6.07) is 12.4. The van der Waals surface area contributed by atoms with Crippen molar-refractivity contribution in [3.63, 3.8) is 0 Å². The van der Waals surface area contributed by atoms with Crippen LogP contribution in [0.2, 0.25) is 0 Å². The van der Waals surface area contributed by atoms with Crippen molar-refractivity contribution in [1.29, 1.82) is 0 Å². The quantitative estimate of drug-likeness (QED) is 0.511. The van der Waals surface area contributed by atoms with Gasteiger partial charge in [0, 0.05) is 33.9 Å². The number of aromatic nitrogens is 1. The molecule has 0 spiro atoms. The third kappa shape index (κ3) is 3.24. The Kier molecular flexibility index (Phi) is 3.69. The van der Waals surface area contributed by atoms with Gasteiger partial charge in [0.25, 0.3) is 0 Å². The largest absolute Gasteiger partial charge is 0.285 e. The van der Waals surface area contributed by atoms with E-state index in [0.29, 0.717) is 0 Å². The Labute approximate surface area is 106 Å². The molecule has 0 atom stereocenters. The predicted molar refractivity (Wildman–Crippen MR) is 69.3 cm³/mol. The minimum atomic E-state index is 0.842. The first kappa shape index (κ1) is 12.0. The lowest BCUT2D eigenvalue weighted by molar-refractivity contribution is -0.909. The van der Waals surface area contributed by atoms with Crippen LogP contribution >= 0.6 is 11.8 Å². The minimum Gasteiger partial charge on any atom is -0.285 e. The smallest absolute Gasteiger partial charge is 0.231 e. The lowest BCUT2D eigenvalue weighted by Crippen LogP contribution is -2.33. The average Bonchev–Trinajstić information content (AvgIpc) is 2.33. The van der Waals surface area contributed by atoms with Crippen molar-refractivity contribution in [3.05, 3.63) is 59.4 Å². The molecule has 3 heteroatoms. The van der Waals surface area contributed by atoms with Gasteiger partial charge in [-0.1, -0.05) is 17.7 Å². The van der Waals surface area contributed by atoms with Gasteiger partial charge in [0.15, 0.2) is 0 Å². The van der Waals surface area contributed by atoms with E-state index in [-0.39, 0.29) is 0 Å². The number of aryl methyl sites for hydroxylation is 2. The van der Waals surface area contributed by atoms with Crippen LogP contribution in [0.1, 0.15) is 16.8 Å². The molecule has 1 heterocycles. The van der Waals surface area contributed by atoms with Crippen molar-refractivity contribution in [3.8, 4) is 0 Å². The maximum Gasteiger partial charge on any atom is 0.231 e. The number of pyridine rings is 1. The van der Waals surface area contributed by atoms with Crippen molar-refractivity contribution in [2.75, 3.05) is 0 Å². The fourth-order valence-corrected chi connectivity index (χ4v) is 2.33. The van der Waals surface area contributed by atoms with Crippen LogP contribution in [0.3, 0.4) is 0 Å². The molecule has 0 radical (unpaired) electrons. The highest BCUT2D eigenvalue weighted by Crippen LogP contribution is 2.22. The van der Waals surface area contributed by atoms with Gasteiger partial charge in [-0.2, -0.15) is 0 Å². The summed E-state index contributed by atoms with van der Waals surface area (Å²) in [6.07, 6.45) is 1.76. The zero-order valence-electron chi connectivity index (χ0n) is 10.1. The Morgan fingerprint density at radius 1 is 1.06 bits per heavy atom. The molecular formula is C14H16NOS+. The molecule has 1 N–H and O–H groups in total. The maximum absolute atomic E-state index is 9.54. The molecular weight excluding hydrogens is 230 g/mol. The molecule has 0 amide bonds. The van der Waals surface area contributed by atoms with Crippen LogP contribution in [0.4, 0.5) is 0 Å². The van der Waals surface area contributed by atoms with Crippen LogP contribution in [0.5, 0.6) is 0 Å². The van der Waals surface area contributed by atoms with E-state index in [1.165, 1.54) is 15.2 Å². The van der Waals surface area contributed by atoms with Gasteiger partial charge in [-0.25, -0.2) is 0 Å². The summed E-state index contributed by atoms with van der Waals surface area (Å²) in [5, 5.41) is 9.54. The number of benzene rings is 1. The summed E-state index contributed by atoms with van der Waals surface area (Å²) in [6.45, 7) is 3.96. The van der Waals surface area contributed by atoms with Gasteiger partial charge in [0.05, 0.1) is 0 Å². The molecule has 88 valence electrons. The summed E-state index contributed by atoms with van der Waals surface area (Å²) in [7, 11) is 0. The summed E-state index contributed by atoms with van der Waals surface area (Å²) in [5.41, 5.74) is 3.23.